The number of nitrogens with one attached hydrogen (secondary N) is 1. The Morgan fingerprint density at radius 2 is 1.84 bits per heavy atom. The van der Waals surface area contributed by atoms with Gasteiger partial charge in [0.1, 0.15) is 24.6 Å². The molecule has 2 atom stereocenters. The number of amides is 1. The lowest BCUT2D eigenvalue weighted by atomic mass is 9.82. The van der Waals surface area contributed by atoms with Gasteiger partial charge in [-0.25, -0.2) is 9.78 Å². The molecule has 0 bridgehead atoms. The van der Waals surface area contributed by atoms with Gasteiger partial charge in [0.15, 0.2) is 0 Å². The van der Waals surface area contributed by atoms with Gasteiger partial charge >= 0.3 is 18.2 Å². The maximum absolute atomic E-state index is 13.1. The van der Waals surface area contributed by atoms with Gasteiger partial charge in [0.05, 0.1) is 12.1 Å². The quantitative estimate of drug-likeness (QED) is 0.229. The van der Waals surface area contributed by atoms with Crippen LogP contribution in [-0.2, 0) is 39.2 Å². The summed E-state index contributed by atoms with van der Waals surface area (Å²) >= 11 is 1.36. The molecule has 15 heteroatoms. The number of likely N-dealkylation sites (N-methyl/N-ethyl adjacent to an activating group) is 1. The van der Waals surface area contributed by atoms with E-state index in [1.165, 1.54) is 63.9 Å². The number of esters is 1. The van der Waals surface area contributed by atoms with Crippen molar-refractivity contribution < 1.29 is 41.9 Å². The van der Waals surface area contributed by atoms with E-state index in [1.807, 2.05) is 0 Å². The van der Waals surface area contributed by atoms with Crippen molar-refractivity contribution in [3.63, 3.8) is 0 Å². The zero-order valence-electron chi connectivity index (χ0n) is 24.8. The SMILES string of the molecule is CNCC(=O)OCc1cccnc1N(C)C(=O)OC(C)[n+]1cnn(CC(O)(c2ccc(C(F)(F)F)cc2)C(C)(C)SC)c1. The van der Waals surface area contributed by atoms with Crippen molar-refractivity contribution >= 4 is 29.6 Å². The highest BCUT2D eigenvalue weighted by molar-refractivity contribution is 8.00. The molecule has 2 N–H and O–H groups in total. The van der Waals surface area contributed by atoms with Crippen LogP contribution in [0, 0.1) is 0 Å². The van der Waals surface area contributed by atoms with Gasteiger partial charge in [-0.15, -0.1) is 4.68 Å². The van der Waals surface area contributed by atoms with E-state index in [-0.39, 0.29) is 25.5 Å². The summed E-state index contributed by atoms with van der Waals surface area (Å²) in [6, 6.07) is 7.75. The summed E-state index contributed by atoms with van der Waals surface area (Å²) in [6.07, 6.45) is 0.153. The van der Waals surface area contributed by atoms with Crippen molar-refractivity contribution in [3.05, 3.63) is 71.9 Å². The summed E-state index contributed by atoms with van der Waals surface area (Å²) in [5.41, 5.74) is -1.64. The Morgan fingerprint density at radius 3 is 2.44 bits per heavy atom. The van der Waals surface area contributed by atoms with Crippen molar-refractivity contribution in [2.75, 3.05) is 31.8 Å². The number of halogens is 3. The first-order valence-electron chi connectivity index (χ1n) is 13.2. The number of anilines is 1. The van der Waals surface area contributed by atoms with Gasteiger partial charge in [0.25, 0.3) is 6.33 Å². The van der Waals surface area contributed by atoms with Crippen LogP contribution in [0.5, 0.6) is 0 Å². The minimum Gasteiger partial charge on any atom is -0.460 e. The third kappa shape index (κ3) is 8.03. The van der Waals surface area contributed by atoms with E-state index in [2.05, 4.69) is 15.4 Å². The van der Waals surface area contributed by atoms with Crippen LogP contribution in [0.25, 0.3) is 0 Å². The number of carbonyl (C=O) groups is 2. The molecule has 0 aliphatic rings. The Morgan fingerprint density at radius 1 is 1.19 bits per heavy atom. The molecule has 0 radical (unpaired) electrons. The maximum atomic E-state index is 13.1. The Bertz CT molecular complexity index is 1400. The molecule has 3 aromatic rings. The number of alkyl halides is 3. The fourth-order valence-electron chi connectivity index (χ4n) is 4.15. The summed E-state index contributed by atoms with van der Waals surface area (Å²) in [5.74, 6) is -0.214. The van der Waals surface area contributed by atoms with E-state index in [9.17, 15) is 27.9 Å². The van der Waals surface area contributed by atoms with Gasteiger partial charge in [-0.3, -0.25) is 9.69 Å². The third-order valence-corrected chi connectivity index (χ3v) is 8.41. The average molecular weight is 626 g/mol. The zero-order chi connectivity index (χ0) is 32.0. The van der Waals surface area contributed by atoms with Crippen molar-refractivity contribution in [1.29, 1.82) is 0 Å². The Labute approximate surface area is 252 Å². The summed E-state index contributed by atoms with van der Waals surface area (Å²) in [5, 5.41) is 18.9. The molecule has 0 aliphatic heterocycles. The summed E-state index contributed by atoms with van der Waals surface area (Å²) in [6.45, 7) is 5.05. The molecule has 43 heavy (non-hydrogen) atoms. The molecule has 0 fully saturated rings. The minimum atomic E-state index is -4.50. The number of benzene rings is 1. The Kier molecular flexibility index (Phi) is 10.8. The average Bonchev–Trinajstić information content (AvgIpc) is 3.44. The van der Waals surface area contributed by atoms with Gasteiger partial charge in [-0.05, 0) is 50.9 Å². The van der Waals surface area contributed by atoms with Gasteiger partial charge < -0.3 is 19.9 Å². The monoisotopic (exact) mass is 625 g/mol. The molecule has 1 aromatic carbocycles. The largest absolute Gasteiger partial charge is 0.460 e. The number of aromatic nitrogens is 4. The fraction of sp³-hybridized carbons (Fsp3) is 0.464. The predicted molar refractivity (Wildman–Crippen MR) is 153 cm³/mol. The van der Waals surface area contributed by atoms with Crippen LogP contribution in [-0.4, -0.2) is 63.6 Å². The van der Waals surface area contributed by atoms with E-state index >= 15 is 0 Å². The first-order valence-corrected chi connectivity index (χ1v) is 14.4. The molecule has 2 aromatic heterocycles. The molecule has 2 unspecified atom stereocenters. The van der Waals surface area contributed by atoms with Gasteiger partial charge in [0.2, 0.25) is 12.6 Å². The predicted octanol–water partition coefficient (Wildman–Crippen LogP) is 3.67. The van der Waals surface area contributed by atoms with Crippen molar-refractivity contribution in [2.45, 2.75) is 56.7 Å². The summed E-state index contributed by atoms with van der Waals surface area (Å²) in [7, 11) is 3.09. The highest BCUT2D eigenvalue weighted by atomic mass is 32.2. The highest BCUT2D eigenvalue weighted by Crippen LogP contribution is 2.43. The summed E-state index contributed by atoms with van der Waals surface area (Å²) < 4.78 is 52.3. The molecule has 0 spiro atoms. The lowest BCUT2D eigenvalue weighted by Crippen LogP contribution is -2.48. The molecule has 0 saturated heterocycles. The summed E-state index contributed by atoms with van der Waals surface area (Å²) in [4.78, 5) is 30.2. The minimum absolute atomic E-state index is 0.0341. The van der Waals surface area contributed by atoms with Gasteiger partial charge in [-0.1, -0.05) is 18.2 Å². The first-order chi connectivity index (χ1) is 20.1. The molecular weight excluding hydrogens is 589 g/mol. The molecular formula is C28H36F3N6O5S+. The second-order valence-corrected chi connectivity index (χ2v) is 11.7. The van der Waals surface area contributed by atoms with Crippen LogP contribution in [0.2, 0.25) is 0 Å². The van der Waals surface area contributed by atoms with Crippen LogP contribution in [0.3, 0.4) is 0 Å². The smallest absolute Gasteiger partial charge is 0.418 e. The van der Waals surface area contributed by atoms with Crippen LogP contribution in [0.1, 0.15) is 43.7 Å². The van der Waals surface area contributed by atoms with E-state index in [0.717, 1.165) is 12.1 Å². The number of pyridine rings is 1. The molecule has 1 amide bonds. The van der Waals surface area contributed by atoms with Gasteiger partial charge in [-0.2, -0.15) is 29.5 Å². The van der Waals surface area contributed by atoms with E-state index in [1.54, 1.807) is 46.2 Å². The molecule has 11 nitrogen and oxygen atoms in total. The maximum Gasteiger partial charge on any atom is 0.418 e. The number of thioether (sulfide) groups is 1. The lowest BCUT2D eigenvalue weighted by molar-refractivity contribution is -0.753. The number of carbonyl (C=O) groups excluding carboxylic acids is 2. The van der Waals surface area contributed by atoms with Crippen LogP contribution in [0.4, 0.5) is 23.8 Å². The molecule has 234 valence electrons. The number of ether oxygens (including phenoxy) is 2. The number of hydrogen-bond donors (Lipinski definition) is 2. The van der Waals surface area contributed by atoms with Crippen LogP contribution in [0.15, 0.2) is 55.2 Å². The molecule has 2 heterocycles. The van der Waals surface area contributed by atoms with Crippen LogP contribution < -0.4 is 14.8 Å². The fourth-order valence-corrected chi connectivity index (χ4v) is 4.67. The Hall–Kier alpha value is -3.69. The van der Waals surface area contributed by atoms with Crippen molar-refractivity contribution in [2.24, 2.45) is 0 Å². The number of rotatable bonds is 12. The molecule has 0 saturated carbocycles. The van der Waals surface area contributed by atoms with E-state index in [0.29, 0.717) is 11.1 Å². The zero-order valence-corrected chi connectivity index (χ0v) is 25.6. The number of hydrogen-bond acceptors (Lipinski definition) is 9. The van der Waals surface area contributed by atoms with Crippen LogP contribution >= 0.6 is 11.8 Å². The number of aliphatic hydroxyl groups is 1. The van der Waals surface area contributed by atoms with Gasteiger partial charge in [0, 0.05) is 35.6 Å². The number of nitrogens with zero attached hydrogens (tertiary/aromatic N) is 5. The third-order valence-electron chi connectivity index (χ3n) is 7.05. The first kappa shape index (κ1) is 33.8. The topological polar surface area (TPSA) is 123 Å². The van der Waals surface area contributed by atoms with Crippen molar-refractivity contribution in [1.82, 2.24) is 20.1 Å². The normalized spacial score (nSPS) is 14.1. The van der Waals surface area contributed by atoms with Crippen molar-refractivity contribution in [3.8, 4) is 0 Å². The second kappa shape index (κ2) is 13.7. The molecule has 0 aliphatic carbocycles. The second-order valence-electron chi connectivity index (χ2n) is 10.3. The molecule has 3 rings (SSSR count). The standard InChI is InChI=1S/C28H36F3N6O5S/c1-19(42-25(39)35(5)24-20(8-7-13-33-24)15-41-23(38)14-32-4)36-17-34-37(18-36)16-27(40,26(2,3)43-6)21-9-11-22(12-10-21)28(29,30)31/h7-13,17-19,32,40H,14-16H2,1-6H3/q+1. The van der Waals surface area contributed by atoms with E-state index in [4.69, 9.17) is 9.47 Å². The lowest BCUT2D eigenvalue weighted by Gasteiger charge is -2.40. The van der Waals surface area contributed by atoms with E-state index < -0.39 is 40.4 Å². The highest BCUT2D eigenvalue weighted by Gasteiger charge is 2.47. The Balaban J connectivity index is 1.76.